The number of alkyl carbamates (subject to hydrolysis) is 1. The summed E-state index contributed by atoms with van der Waals surface area (Å²) in [7, 11) is 0. The molecule has 104 heavy (non-hydrogen) atoms. The minimum Gasteiger partial charge on any atom is -0.446 e. The maximum absolute atomic E-state index is 12.9. The normalized spacial score (nSPS) is 39.0. The van der Waals surface area contributed by atoms with Crippen LogP contribution in [-0.2, 0) is 47.4 Å². The third-order valence-electron chi connectivity index (χ3n) is 24.1. The predicted octanol–water partition coefficient (Wildman–Crippen LogP) is -0.252. The maximum Gasteiger partial charge on any atom is 0.407 e. The molecule has 1 aromatic carbocycles. The minimum absolute atomic E-state index is 0.00223. The molecular formula is C73H123N5O26. The van der Waals surface area contributed by atoms with E-state index < -0.39 is 160 Å². The number of nitrogens with one attached hydrogen (secondary N) is 5. The third-order valence-corrected chi connectivity index (χ3v) is 24.1. The van der Waals surface area contributed by atoms with E-state index in [0.29, 0.717) is 56.8 Å². The number of ether oxygens (including phenoxy) is 9. The Balaban J connectivity index is 0.613. The molecule has 1 aromatic rings. The van der Waals surface area contributed by atoms with Gasteiger partial charge in [-0.05, 0) is 124 Å². The number of carbonyl (C=O) groups is 2. The Morgan fingerprint density at radius 1 is 0.538 bits per heavy atom. The lowest BCUT2D eigenvalue weighted by atomic mass is 9.47. The van der Waals surface area contributed by atoms with E-state index in [0.717, 1.165) is 87.4 Å². The Kier molecular flexibility index (Phi) is 31.8. The van der Waals surface area contributed by atoms with Crippen molar-refractivity contribution in [2.45, 2.75) is 292 Å². The van der Waals surface area contributed by atoms with E-state index in [9.17, 15) is 85.6 Å². The zero-order chi connectivity index (χ0) is 75.2. The lowest BCUT2D eigenvalue weighted by Crippen LogP contribution is -2.66. The molecule has 2 amide bonds. The fraction of sp³-hybridized carbons (Fsp3) is 0.890. The van der Waals surface area contributed by atoms with Crippen LogP contribution in [0.4, 0.5) is 16.2 Å². The summed E-state index contributed by atoms with van der Waals surface area (Å²) in [5.74, 6) is 4.53. The zero-order valence-electron chi connectivity index (χ0n) is 61.2. The van der Waals surface area contributed by atoms with E-state index in [-0.39, 0.29) is 61.0 Å². The Morgan fingerprint density at radius 2 is 1.10 bits per heavy atom. The molecule has 4 aliphatic heterocycles. The first-order valence-electron chi connectivity index (χ1n) is 38.5. The SMILES string of the molecule is CC(C)CCCC(C)[C@H]1CC[C@H]2C3CC=C4C[C@@H](OC(=O)NCCNCCCCNc5c(NCCNC(=O)CCCCCCCCO[C@@H]6O[C@H](CO[C@H]7O[C@H](CO)[C@@H](O)[C@H](O[C@H]8O[C@H](CO)[C@@H](O)[C@H](O)[C@@H]8O)[C@@H]7O)[C@@H](O)[C@H](O[C@H]7O[C@H](CO)[C@@H](O)[C@H](O)[C@@H]7O)[C@@H]6O)c(=O)c5=O)CC[C@]4(C)[C@H]3CC[C@]12C. The third kappa shape index (κ3) is 20.3. The van der Waals surface area contributed by atoms with Crippen molar-refractivity contribution < 1.29 is 119 Å². The topological polar surface area (TPSA) is 474 Å². The van der Waals surface area contributed by atoms with Gasteiger partial charge in [-0.2, -0.15) is 0 Å². The second-order valence-corrected chi connectivity index (χ2v) is 31.5. The first-order chi connectivity index (χ1) is 49.8. The summed E-state index contributed by atoms with van der Waals surface area (Å²) in [5.41, 5.74) is 1.37. The van der Waals surface area contributed by atoms with Gasteiger partial charge in [-0.15, -0.1) is 0 Å². The quantitative estimate of drug-likeness (QED) is 0.0229. The average Bonchev–Trinajstić information content (AvgIpc) is 1.41. The monoisotopic (exact) mass is 1490 g/mol. The van der Waals surface area contributed by atoms with Crippen LogP contribution in [-0.4, -0.2) is 280 Å². The number of hydrogen-bond acceptors (Lipinski definition) is 29. The highest BCUT2D eigenvalue weighted by Crippen LogP contribution is 2.67. The van der Waals surface area contributed by atoms with Gasteiger partial charge in [0.15, 0.2) is 25.2 Å². The van der Waals surface area contributed by atoms with Crippen molar-refractivity contribution in [3.8, 4) is 0 Å². The van der Waals surface area contributed by atoms with E-state index in [4.69, 9.17) is 42.6 Å². The molecular weight excluding hydrogens is 1360 g/mol. The van der Waals surface area contributed by atoms with Crippen molar-refractivity contribution in [1.29, 1.82) is 0 Å². The van der Waals surface area contributed by atoms with Crippen LogP contribution in [0, 0.1) is 46.3 Å². The molecule has 596 valence electrons. The van der Waals surface area contributed by atoms with Crippen LogP contribution in [0.25, 0.3) is 0 Å². The van der Waals surface area contributed by atoms with Crippen LogP contribution >= 0.6 is 0 Å². The molecule has 3 saturated carbocycles. The first-order valence-corrected chi connectivity index (χ1v) is 38.5. The minimum atomic E-state index is -1.96. The van der Waals surface area contributed by atoms with Crippen LogP contribution in [0.2, 0.25) is 0 Å². The Hall–Kier alpha value is -3.72. The first kappa shape index (κ1) is 84.3. The molecule has 8 aliphatic rings. The molecule has 0 radical (unpaired) electrons. The Bertz CT molecular complexity index is 2910. The second kappa shape index (κ2) is 39.3. The summed E-state index contributed by atoms with van der Waals surface area (Å²) < 4.78 is 51.6. The van der Waals surface area contributed by atoms with E-state index in [1.807, 2.05) is 0 Å². The molecule has 4 heterocycles. The summed E-state index contributed by atoms with van der Waals surface area (Å²) in [4.78, 5) is 50.5. The zero-order valence-corrected chi connectivity index (χ0v) is 61.2. The van der Waals surface area contributed by atoms with Crippen molar-refractivity contribution in [1.82, 2.24) is 16.0 Å². The summed E-state index contributed by atoms with van der Waals surface area (Å²) in [6.45, 7) is 11.8. The number of unbranched alkanes of at least 4 members (excludes halogenated alkanes) is 6. The van der Waals surface area contributed by atoms with Crippen molar-refractivity contribution >= 4 is 23.4 Å². The number of hydrogen-bond donors (Lipinski definition) is 18. The van der Waals surface area contributed by atoms with Gasteiger partial charge in [-0.1, -0.05) is 91.2 Å². The molecule has 4 aliphatic carbocycles. The summed E-state index contributed by atoms with van der Waals surface area (Å²) in [6, 6.07) is 0. The van der Waals surface area contributed by atoms with Gasteiger partial charge in [0, 0.05) is 52.2 Å². The molecule has 0 aromatic heterocycles. The Morgan fingerprint density at radius 3 is 1.73 bits per heavy atom. The second-order valence-electron chi connectivity index (χ2n) is 31.5. The highest BCUT2D eigenvalue weighted by atomic mass is 16.8. The number of rotatable bonds is 39. The van der Waals surface area contributed by atoms with Gasteiger partial charge >= 0.3 is 6.09 Å². The highest BCUT2D eigenvalue weighted by molar-refractivity contribution is 5.76. The van der Waals surface area contributed by atoms with Crippen LogP contribution in [0.5, 0.6) is 0 Å². The van der Waals surface area contributed by atoms with Crippen molar-refractivity contribution in [3.63, 3.8) is 0 Å². The molecule has 0 bridgehead atoms. The van der Waals surface area contributed by atoms with Crippen LogP contribution < -0.4 is 37.4 Å². The van der Waals surface area contributed by atoms with Gasteiger partial charge in [-0.3, -0.25) is 14.4 Å². The number of carbonyl (C=O) groups excluding carboxylic acids is 2. The van der Waals surface area contributed by atoms with Crippen LogP contribution in [0.3, 0.4) is 0 Å². The fourth-order valence-corrected chi connectivity index (χ4v) is 18.0. The smallest absolute Gasteiger partial charge is 0.407 e. The molecule has 31 heteroatoms. The number of allylic oxidation sites excluding steroid dienone is 1. The molecule has 7 fully saturated rings. The molecule has 4 saturated heterocycles. The molecule has 28 atom stereocenters. The average molecular weight is 1490 g/mol. The van der Waals surface area contributed by atoms with Crippen molar-refractivity contribution in [2.24, 2.45) is 46.3 Å². The van der Waals surface area contributed by atoms with Gasteiger partial charge < -0.3 is 136 Å². The highest BCUT2D eigenvalue weighted by Gasteiger charge is 2.60. The van der Waals surface area contributed by atoms with Gasteiger partial charge in [-0.25, -0.2) is 4.79 Å². The fourth-order valence-electron chi connectivity index (χ4n) is 18.0. The summed E-state index contributed by atoms with van der Waals surface area (Å²) in [5, 5.41) is 153. The molecule has 0 spiro atoms. The van der Waals surface area contributed by atoms with Gasteiger partial charge in [0.1, 0.15) is 115 Å². The molecule has 2 unspecified atom stereocenters. The van der Waals surface area contributed by atoms with E-state index in [2.05, 4.69) is 67.3 Å². The van der Waals surface area contributed by atoms with Crippen LogP contribution in [0.1, 0.15) is 163 Å². The van der Waals surface area contributed by atoms with Crippen LogP contribution in [0.15, 0.2) is 21.2 Å². The lowest BCUT2D eigenvalue weighted by Gasteiger charge is -2.58. The number of anilines is 2. The van der Waals surface area contributed by atoms with Gasteiger partial charge in [0.05, 0.1) is 26.4 Å². The number of aliphatic hydroxyl groups excluding tert-OH is 13. The summed E-state index contributed by atoms with van der Waals surface area (Å²) >= 11 is 0. The number of aliphatic hydroxyl groups is 13. The number of amides is 2. The van der Waals surface area contributed by atoms with Crippen molar-refractivity contribution in [2.75, 3.05) is 82.9 Å². The standard InChI is InChI=1S/C73H123N5O26/c1-38(2)15-14-16-39(3)43-20-21-44-42-19-18-40-33-41(22-24-72(40,4)45(42)23-25-73(43,44)5)98-71(95)78-29-28-74-26-11-12-27-76-51-52(58(88)57(51)87)77-31-30-75-50(82)17-10-8-6-7-9-13-32-96-67-63(93)66(104-70-62(92)60(90)54(84)47(35-80)101-70)56(86)49(102-67)37-97-68-64(94)65(55(85)48(36-81)99-68)103-69-61(91)59(89)53(83)46(34-79)100-69/h18,38-39,41-49,53-56,59-70,74,76-77,79-81,83-86,89-94H,6-17,19-37H2,1-5H3,(H,75,82)(H,78,95)/t39?,41-,42?,43+,44-,45-,46+,47+,48+,49+,53+,54+,55+,56+,59-,60-,61-,62-,63-,64-,65-,66-,67+,68-,69+,70+,72-,73+/m0/s1. The Labute approximate surface area is 609 Å². The molecule has 31 nitrogen and oxygen atoms in total. The van der Waals surface area contributed by atoms with Gasteiger partial charge in [0.2, 0.25) is 5.91 Å². The number of fused-ring (bicyclic) bond motifs is 5. The summed E-state index contributed by atoms with van der Waals surface area (Å²) in [6.07, 6.45) is -13.8. The van der Waals surface area contributed by atoms with E-state index in [1.54, 1.807) is 0 Å². The largest absolute Gasteiger partial charge is 0.446 e. The molecule has 18 N–H and O–H groups in total. The van der Waals surface area contributed by atoms with E-state index >= 15 is 0 Å². The lowest BCUT2D eigenvalue weighted by molar-refractivity contribution is -0.373. The van der Waals surface area contributed by atoms with Crippen molar-refractivity contribution in [3.05, 3.63) is 32.1 Å². The molecule has 9 rings (SSSR count). The van der Waals surface area contributed by atoms with E-state index in [1.165, 1.54) is 50.5 Å². The predicted molar refractivity (Wildman–Crippen MR) is 375 cm³/mol. The maximum atomic E-state index is 12.9. The van der Waals surface area contributed by atoms with Gasteiger partial charge in [0.25, 0.3) is 10.9 Å².